The maximum atomic E-state index is 11.7. The molecule has 2 amide bonds. The van der Waals surface area contributed by atoms with Crippen LogP contribution >= 0.6 is 11.6 Å². The number of benzene rings is 2. The highest BCUT2D eigenvalue weighted by molar-refractivity contribution is 6.30. The summed E-state index contributed by atoms with van der Waals surface area (Å²) in [6, 6.07) is 13.9. The van der Waals surface area contributed by atoms with Gasteiger partial charge in [-0.05, 0) is 42.8 Å². The highest BCUT2D eigenvalue weighted by Gasteiger charge is 2.01. The zero-order valence-electron chi connectivity index (χ0n) is 12.8. The fraction of sp³-hybridized carbons (Fsp3) is 0.176. The Hall–Kier alpha value is -2.53. The summed E-state index contributed by atoms with van der Waals surface area (Å²) in [6.45, 7) is 2.68. The first-order chi connectivity index (χ1) is 11.2. The van der Waals surface area contributed by atoms with Crippen molar-refractivity contribution in [2.75, 3.05) is 11.9 Å². The minimum absolute atomic E-state index is 0.435. The van der Waals surface area contributed by atoms with Crippen molar-refractivity contribution in [3.63, 3.8) is 0 Å². The highest BCUT2D eigenvalue weighted by Crippen LogP contribution is 2.16. The van der Waals surface area contributed by atoms with E-state index in [0.29, 0.717) is 17.3 Å². The predicted molar refractivity (Wildman–Crippen MR) is 93.4 cm³/mol. The molecular weight excluding hydrogens is 314 g/mol. The number of amides is 2. The fourth-order valence-corrected chi connectivity index (χ4v) is 1.91. The number of nitrogens with zero attached hydrogens (tertiary/aromatic N) is 1. The second-order valence-corrected chi connectivity index (χ2v) is 5.15. The topological polar surface area (TPSA) is 62.7 Å². The number of anilines is 1. The molecule has 0 aliphatic carbocycles. The second-order valence-electron chi connectivity index (χ2n) is 4.72. The molecule has 2 N–H and O–H groups in total. The minimum Gasteiger partial charge on any atom is -0.493 e. The molecule has 6 heteroatoms. The van der Waals surface area contributed by atoms with Gasteiger partial charge in [-0.15, -0.1) is 0 Å². The van der Waals surface area contributed by atoms with Crippen LogP contribution in [-0.4, -0.2) is 18.9 Å². The van der Waals surface area contributed by atoms with Gasteiger partial charge in [0, 0.05) is 16.3 Å². The molecule has 0 saturated heterocycles. The largest absolute Gasteiger partial charge is 0.493 e. The third-order valence-corrected chi connectivity index (χ3v) is 3.10. The first-order valence-electron chi connectivity index (χ1n) is 7.26. The third kappa shape index (κ3) is 5.64. The Kier molecular flexibility index (Phi) is 6.44. The molecule has 0 aromatic heterocycles. The lowest BCUT2D eigenvalue weighted by molar-refractivity contribution is 0.252. The molecule has 0 bridgehead atoms. The van der Waals surface area contributed by atoms with Gasteiger partial charge in [0.15, 0.2) is 0 Å². The number of hydrogen-bond donors (Lipinski definition) is 2. The molecule has 0 aliphatic heterocycles. The van der Waals surface area contributed by atoms with Gasteiger partial charge in [0.1, 0.15) is 5.75 Å². The first-order valence-corrected chi connectivity index (χ1v) is 7.64. The van der Waals surface area contributed by atoms with E-state index in [1.54, 1.807) is 30.5 Å². The van der Waals surface area contributed by atoms with E-state index < -0.39 is 6.03 Å². The van der Waals surface area contributed by atoms with Gasteiger partial charge in [0.25, 0.3) is 0 Å². The van der Waals surface area contributed by atoms with Crippen LogP contribution in [0.4, 0.5) is 10.5 Å². The van der Waals surface area contributed by atoms with Crippen molar-refractivity contribution in [3.8, 4) is 5.75 Å². The lowest BCUT2D eigenvalue weighted by atomic mass is 10.2. The van der Waals surface area contributed by atoms with Crippen LogP contribution in [0.1, 0.15) is 18.9 Å². The number of carbonyl (C=O) groups excluding carboxylic acids is 1. The van der Waals surface area contributed by atoms with Crippen molar-refractivity contribution in [3.05, 3.63) is 59.1 Å². The van der Waals surface area contributed by atoms with Gasteiger partial charge in [0.05, 0.1) is 12.8 Å². The lowest BCUT2D eigenvalue weighted by Gasteiger charge is -2.07. The zero-order chi connectivity index (χ0) is 16.5. The average molecular weight is 332 g/mol. The number of para-hydroxylation sites is 1. The van der Waals surface area contributed by atoms with Gasteiger partial charge in [-0.1, -0.05) is 30.7 Å². The van der Waals surface area contributed by atoms with Crippen molar-refractivity contribution in [2.24, 2.45) is 5.10 Å². The van der Waals surface area contributed by atoms with Crippen molar-refractivity contribution in [1.29, 1.82) is 0 Å². The summed E-state index contributed by atoms with van der Waals surface area (Å²) in [4.78, 5) is 11.7. The van der Waals surface area contributed by atoms with Crippen LogP contribution < -0.4 is 15.5 Å². The summed E-state index contributed by atoms with van der Waals surface area (Å²) in [6.07, 6.45) is 2.47. The van der Waals surface area contributed by atoms with Crippen LogP contribution in [0, 0.1) is 0 Å². The van der Waals surface area contributed by atoms with Gasteiger partial charge < -0.3 is 10.1 Å². The Morgan fingerprint density at radius 2 is 1.96 bits per heavy atom. The molecule has 5 nitrogen and oxygen atoms in total. The van der Waals surface area contributed by atoms with E-state index in [9.17, 15) is 4.79 Å². The Bertz CT molecular complexity index is 672. The molecule has 0 atom stereocenters. The summed E-state index contributed by atoms with van der Waals surface area (Å²) >= 11 is 5.79. The quantitative estimate of drug-likeness (QED) is 0.613. The normalized spacial score (nSPS) is 10.5. The van der Waals surface area contributed by atoms with E-state index >= 15 is 0 Å². The number of carbonyl (C=O) groups is 1. The Morgan fingerprint density at radius 1 is 1.22 bits per heavy atom. The second kappa shape index (κ2) is 8.80. The molecule has 2 rings (SSSR count). The first kappa shape index (κ1) is 16.8. The smallest absolute Gasteiger partial charge is 0.339 e. The number of hydrogen-bond acceptors (Lipinski definition) is 3. The van der Waals surface area contributed by atoms with Crippen LogP contribution in [0.5, 0.6) is 5.75 Å². The van der Waals surface area contributed by atoms with Crippen LogP contribution in [0.2, 0.25) is 5.02 Å². The summed E-state index contributed by atoms with van der Waals surface area (Å²) in [7, 11) is 0. The molecule has 0 radical (unpaired) electrons. The van der Waals surface area contributed by atoms with E-state index in [2.05, 4.69) is 15.8 Å². The summed E-state index contributed by atoms with van der Waals surface area (Å²) in [5, 5.41) is 7.19. The highest BCUT2D eigenvalue weighted by atomic mass is 35.5. The summed E-state index contributed by atoms with van der Waals surface area (Å²) < 4.78 is 5.62. The van der Waals surface area contributed by atoms with Crippen molar-refractivity contribution in [1.82, 2.24) is 5.43 Å². The van der Waals surface area contributed by atoms with Gasteiger partial charge in [0.2, 0.25) is 0 Å². The maximum Gasteiger partial charge on any atom is 0.339 e. The van der Waals surface area contributed by atoms with Crippen LogP contribution in [0.25, 0.3) is 0 Å². The SMILES string of the molecule is CCCOc1ccccc1/C=N\NC(=O)Nc1ccc(Cl)cc1. The number of rotatable bonds is 6. The predicted octanol–water partition coefficient (Wildman–Crippen LogP) is 4.28. The standard InChI is InChI=1S/C17H18ClN3O2/c1-2-11-23-16-6-4-3-5-13(16)12-19-21-17(22)20-15-9-7-14(18)8-10-15/h3-10,12H,2,11H2,1H3,(H2,20,21,22)/b19-12-. The van der Waals surface area contributed by atoms with E-state index in [1.165, 1.54) is 0 Å². The molecule has 0 saturated carbocycles. The molecule has 120 valence electrons. The fourth-order valence-electron chi connectivity index (χ4n) is 1.78. The molecule has 2 aromatic rings. The van der Waals surface area contributed by atoms with E-state index in [0.717, 1.165) is 17.7 Å². The van der Waals surface area contributed by atoms with Crippen molar-refractivity contribution < 1.29 is 9.53 Å². The van der Waals surface area contributed by atoms with Gasteiger partial charge >= 0.3 is 6.03 Å². The molecule has 2 aromatic carbocycles. The van der Waals surface area contributed by atoms with Gasteiger partial charge in [-0.3, -0.25) is 0 Å². The van der Waals surface area contributed by atoms with Crippen LogP contribution in [0.15, 0.2) is 53.6 Å². The maximum absolute atomic E-state index is 11.7. The molecule has 0 fully saturated rings. The lowest BCUT2D eigenvalue weighted by Crippen LogP contribution is -2.24. The summed E-state index contributed by atoms with van der Waals surface area (Å²) in [5.41, 5.74) is 3.84. The molecule has 0 unspecified atom stereocenters. The number of urea groups is 1. The number of hydrazone groups is 1. The Labute approximate surface area is 140 Å². The zero-order valence-corrected chi connectivity index (χ0v) is 13.5. The number of nitrogens with one attached hydrogen (secondary N) is 2. The number of halogens is 1. The minimum atomic E-state index is -0.435. The monoisotopic (exact) mass is 331 g/mol. The molecule has 0 heterocycles. The third-order valence-electron chi connectivity index (χ3n) is 2.85. The summed E-state index contributed by atoms with van der Waals surface area (Å²) in [5.74, 6) is 0.734. The van der Waals surface area contributed by atoms with Crippen LogP contribution in [-0.2, 0) is 0 Å². The molecule has 0 spiro atoms. The van der Waals surface area contributed by atoms with E-state index in [1.807, 2.05) is 31.2 Å². The molecular formula is C17H18ClN3O2. The average Bonchev–Trinajstić information content (AvgIpc) is 2.56. The van der Waals surface area contributed by atoms with Gasteiger partial charge in [-0.25, -0.2) is 10.2 Å². The van der Waals surface area contributed by atoms with Crippen LogP contribution in [0.3, 0.4) is 0 Å². The molecule has 0 aliphatic rings. The van der Waals surface area contributed by atoms with E-state index in [4.69, 9.17) is 16.3 Å². The van der Waals surface area contributed by atoms with Crippen molar-refractivity contribution >= 4 is 29.5 Å². The van der Waals surface area contributed by atoms with Gasteiger partial charge in [-0.2, -0.15) is 5.10 Å². The number of ether oxygens (including phenoxy) is 1. The Balaban J connectivity index is 1.91. The Morgan fingerprint density at radius 3 is 2.70 bits per heavy atom. The van der Waals surface area contributed by atoms with E-state index in [-0.39, 0.29) is 0 Å². The molecule has 23 heavy (non-hydrogen) atoms. The van der Waals surface area contributed by atoms with Crippen molar-refractivity contribution in [2.45, 2.75) is 13.3 Å².